The first-order valence-electron chi connectivity index (χ1n) is 13.4. The molecule has 1 aliphatic rings. The van der Waals surface area contributed by atoms with Crippen molar-refractivity contribution in [2.24, 2.45) is 0 Å². The van der Waals surface area contributed by atoms with E-state index in [2.05, 4.69) is 20.8 Å². The second-order valence-corrected chi connectivity index (χ2v) is 10.7. The largest absolute Gasteiger partial charge is 0.507 e. The molecule has 1 saturated heterocycles. The van der Waals surface area contributed by atoms with Crippen LogP contribution in [0.3, 0.4) is 0 Å². The van der Waals surface area contributed by atoms with Gasteiger partial charge in [-0.1, -0.05) is 52.0 Å². The second-order valence-electron chi connectivity index (χ2n) is 10.7. The van der Waals surface area contributed by atoms with E-state index in [1.54, 1.807) is 31.4 Å². The van der Waals surface area contributed by atoms with Crippen molar-refractivity contribution in [3.8, 4) is 17.2 Å². The fraction of sp³-hybridized carbons (Fsp3) is 0.333. The number of ether oxygens (including phenoxy) is 3. The average molecular weight is 544 g/mol. The summed E-state index contributed by atoms with van der Waals surface area (Å²) in [6, 6.07) is 17.4. The van der Waals surface area contributed by atoms with Crippen LogP contribution < -0.4 is 19.1 Å². The van der Waals surface area contributed by atoms with E-state index in [1.165, 1.54) is 12.0 Å². The van der Waals surface area contributed by atoms with Gasteiger partial charge in [-0.3, -0.25) is 14.5 Å². The smallest absolute Gasteiger partial charge is 0.300 e. The molecule has 1 atom stereocenters. The average Bonchev–Trinajstić information content (AvgIpc) is 3.21. The lowest BCUT2D eigenvalue weighted by Crippen LogP contribution is -2.29. The molecule has 1 amide bonds. The van der Waals surface area contributed by atoms with E-state index >= 15 is 0 Å². The molecule has 0 saturated carbocycles. The van der Waals surface area contributed by atoms with Crippen LogP contribution in [0.4, 0.5) is 5.69 Å². The highest BCUT2D eigenvalue weighted by atomic mass is 16.5. The Bertz CT molecular complexity index is 1450. The first-order valence-corrected chi connectivity index (χ1v) is 13.4. The summed E-state index contributed by atoms with van der Waals surface area (Å²) in [7, 11) is 3.06. The number of carbonyl (C=O) groups is 2. The Labute approximate surface area is 236 Å². The Morgan fingerprint density at radius 1 is 0.875 bits per heavy atom. The molecule has 7 heteroatoms. The minimum absolute atomic E-state index is 0.0263. The van der Waals surface area contributed by atoms with Gasteiger partial charge in [0.1, 0.15) is 11.5 Å². The van der Waals surface area contributed by atoms with Gasteiger partial charge in [0.05, 0.1) is 38.0 Å². The van der Waals surface area contributed by atoms with E-state index in [4.69, 9.17) is 14.2 Å². The molecule has 4 rings (SSSR count). The molecule has 1 unspecified atom stereocenters. The summed E-state index contributed by atoms with van der Waals surface area (Å²) in [5.41, 5.74) is 3.28. The van der Waals surface area contributed by atoms with Crippen molar-refractivity contribution < 1.29 is 28.9 Å². The molecule has 0 radical (unpaired) electrons. The highest BCUT2D eigenvalue weighted by molar-refractivity contribution is 6.51. The predicted molar refractivity (Wildman–Crippen MR) is 156 cm³/mol. The number of carbonyl (C=O) groups excluding carboxylic acids is 2. The summed E-state index contributed by atoms with van der Waals surface area (Å²) in [5.74, 6) is -0.411. The number of hydrogen-bond donors (Lipinski definition) is 1. The van der Waals surface area contributed by atoms with Gasteiger partial charge in [-0.15, -0.1) is 0 Å². The van der Waals surface area contributed by atoms with E-state index in [0.29, 0.717) is 40.7 Å². The van der Waals surface area contributed by atoms with E-state index in [0.717, 1.165) is 17.5 Å². The molecule has 1 aliphatic heterocycles. The molecule has 0 aromatic heterocycles. The highest BCUT2D eigenvalue weighted by Gasteiger charge is 2.47. The van der Waals surface area contributed by atoms with E-state index < -0.39 is 17.7 Å². The van der Waals surface area contributed by atoms with Crippen molar-refractivity contribution in [1.82, 2.24) is 0 Å². The van der Waals surface area contributed by atoms with E-state index in [1.807, 2.05) is 50.2 Å². The van der Waals surface area contributed by atoms with Crippen molar-refractivity contribution in [3.63, 3.8) is 0 Å². The fourth-order valence-electron chi connectivity index (χ4n) is 4.94. The molecule has 3 aromatic carbocycles. The summed E-state index contributed by atoms with van der Waals surface area (Å²) in [6.07, 6.45) is 0.836. The van der Waals surface area contributed by atoms with Crippen molar-refractivity contribution >= 4 is 23.1 Å². The first kappa shape index (κ1) is 28.7. The maximum atomic E-state index is 13.7. The molecule has 210 valence electrons. The lowest BCUT2D eigenvalue weighted by molar-refractivity contribution is -0.132. The molecular formula is C33H37NO6. The van der Waals surface area contributed by atoms with Crippen LogP contribution in [0.15, 0.2) is 66.2 Å². The van der Waals surface area contributed by atoms with E-state index in [-0.39, 0.29) is 16.7 Å². The Hall–Kier alpha value is -4.26. The minimum atomic E-state index is -0.916. The van der Waals surface area contributed by atoms with E-state index in [9.17, 15) is 14.7 Å². The number of anilines is 1. The van der Waals surface area contributed by atoms with Crippen LogP contribution >= 0.6 is 0 Å². The first-order chi connectivity index (χ1) is 19.0. The van der Waals surface area contributed by atoms with Crippen LogP contribution in [0.2, 0.25) is 0 Å². The van der Waals surface area contributed by atoms with Crippen LogP contribution in [0, 0.1) is 0 Å². The molecule has 0 aliphatic carbocycles. The SMILES string of the molecule is CCOc1cc(C2/C(=C(\O)c3cc(C(C)(C)C)ccc3OC)C(=O)C(=O)N2c2ccc(CC)cc2)ccc1OC. The summed E-state index contributed by atoms with van der Waals surface area (Å²) >= 11 is 0. The summed E-state index contributed by atoms with van der Waals surface area (Å²) < 4.78 is 16.8. The molecule has 0 bridgehead atoms. The van der Waals surface area contributed by atoms with Crippen LogP contribution in [0.1, 0.15) is 62.9 Å². The topological polar surface area (TPSA) is 85.3 Å². The quantitative estimate of drug-likeness (QED) is 0.196. The molecule has 0 spiro atoms. The number of Topliss-reactive ketones (excluding diaryl/α,β-unsaturated/α-hetero) is 1. The number of nitrogens with zero attached hydrogens (tertiary/aromatic N) is 1. The van der Waals surface area contributed by atoms with Crippen molar-refractivity contribution in [3.05, 3.63) is 88.5 Å². The lowest BCUT2D eigenvalue weighted by Gasteiger charge is -2.26. The number of rotatable bonds is 8. The van der Waals surface area contributed by atoms with Crippen molar-refractivity contribution in [2.75, 3.05) is 25.7 Å². The van der Waals surface area contributed by atoms with Gasteiger partial charge in [-0.25, -0.2) is 0 Å². The number of ketones is 1. The number of aliphatic hydroxyl groups is 1. The number of aryl methyl sites for hydroxylation is 1. The normalized spacial score (nSPS) is 16.8. The Morgan fingerprint density at radius 2 is 1.52 bits per heavy atom. The highest BCUT2D eigenvalue weighted by Crippen LogP contribution is 2.45. The van der Waals surface area contributed by atoms with Gasteiger partial charge in [0, 0.05) is 5.69 Å². The third-order valence-electron chi connectivity index (χ3n) is 7.19. The Balaban J connectivity index is 2.01. The number of aliphatic hydroxyl groups excluding tert-OH is 1. The molecule has 1 fully saturated rings. The zero-order valence-corrected chi connectivity index (χ0v) is 24.2. The summed E-state index contributed by atoms with van der Waals surface area (Å²) in [6.45, 7) is 10.5. The second kappa shape index (κ2) is 11.5. The third kappa shape index (κ3) is 5.28. The minimum Gasteiger partial charge on any atom is -0.507 e. The van der Waals surface area contributed by atoms with Gasteiger partial charge in [0.15, 0.2) is 11.5 Å². The zero-order chi connectivity index (χ0) is 29.2. The number of amides is 1. The van der Waals surface area contributed by atoms with Gasteiger partial charge in [-0.2, -0.15) is 0 Å². The van der Waals surface area contributed by atoms with Gasteiger partial charge in [0.25, 0.3) is 11.7 Å². The standard InChI is InChI=1S/C33H37NO6/c1-8-20-10-14-23(15-11-20)34-29(21-12-16-26(39-7)27(18-21)40-9-2)28(31(36)32(34)37)30(35)24-19-22(33(3,4)5)13-17-25(24)38-6/h10-19,29,35H,8-9H2,1-7H3/b30-28+. The van der Waals surface area contributed by atoms with Gasteiger partial charge < -0.3 is 19.3 Å². The number of methoxy groups -OCH3 is 2. The maximum absolute atomic E-state index is 13.7. The molecule has 40 heavy (non-hydrogen) atoms. The molecule has 1 heterocycles. The number of benzene rings is 3. The zero-order valence-electron chi connectivity index (χ0n) is 24.2. The van der Waals surface area contributed by atoms with Gasteiger partial charge in [0.2, 0.25) is 0 Å². The molecule has 7 nitrogen and oxygen atoms in total. The Morgan fingerprint density at radius 3 is 2.10 bits per heavy atom. The van der Waals surface area contributed by atoms with Crippen LogP contribution in [-0.4, -0.2) is 37.6 Å². The monoisotopic (exact) mass is 543 g/mol. The fourth-order valence-corrected chi connectivity index (χ4v) is 4.94. The summed E-state index contributed by atoms with van der Waals surface area (Å²) in [4.78, 5) is 28.8. The van der Waals surface area contributed by atoms with Gasteiger partial charge in [-0.05, 0) is 71.8 Å². The van der Waals surface area contributed by atoms with Crippen LogP contribution in [0.25, 0.3) is 5.76 Å². The number of hydrogen-bond acceptors (Lipinski definition) is 6. The summed E-state index contributed by atoms with van der Waals surface area (Å²) in [5, 5.41) is 11.8. The van der Waals surface area contributed by atoms with Crippen molar-refractivity contribution in [2.45, 2.75) is 52.5 Å². The molecule has 1 N–H and O–H groups in total. The molecular weight excluding hydrogens is 506 g/mol. The molecule has 3 aromatic rings. The van der Waals surface area contributed by atoms with Crippen LogP contribution in [-0.2, 0) is 21.4 Å². The van der Waals surface area contributed by atoms with Crippen molar-refractivity contribution in [1.29, 1.82) is 0 Å². The maximum Gasteiger partial charge on any atom is 0.300 e. The third-order valence-corrected chi connectivity index (χ3v) is 7.19. The van der Waals surface area contributed by atoms with Crippen LogP contribution in [0.5, 0.6) is 17.2 Å². The lowest BCUT2D eigenvalue weighted by atomic mass is 9.85. The van der Waals surface area contributed by atoms with Gasteiger partial charge >= 0.3 is 0 Å². The predicted octanol–water partition coefficient (Wildman–Crippen LogP) is 6.59. The Kier molecular flexibility index (Phi) is 8.24.